The van der Waals surface area contributed by atoms with Gasteiger partial charge in [0.2, 0.25) is 0 Å². The number of hydrogen-bond donors (Lipinski definition) is 3. The molecule has 0 aliphatic carbocycles. The number of carbonyl (C=O) groups is 1. The monoisotopic (exact) mass is 493 g/mol. The lowest BCUT2D eigenvalue weighted by atomic mass is 10.0. The van der Waals surface area contributed by atoms with Crippen molar-refractivity contribution in [1.82, 2.24) is 19.8 Å². The van der Waals surface area contributed by atoms with Crippen molar-refractivity contribution >= 4 is 11.6 Å². The maximum absolute atomic E-state index is 14.1. The van der Waals surface area contributed by atoms with Gasteiger partial charge in [-0.05, 0) is 42.5 Å². The molecule has 3 N–H and O–H groups in total. The summed E-state index contributed by atoms with van der Waals surface area (Å²) in [4.78, 5) is 32.5. The highest BCUT2D eigenvalue weighted by Crippen LogP contribution is 2.30. The van der Waals surface area contributed by atoms with E-state index in [0.29, 0.717) is 24.5 Å². The molecule has 0 radical (unpaired) electrons. The fourth-order valence-electron chi connectivity index (χ4n) is 5.53. The number of aromatic nitrogens is 2. The highest BCUT2D eigenvalue weighted by atomic mass is 16.2. The molecule has 0 bridgehead atoms. The average Bonchev–Trinajstić information content (AvgIpc) is 3.30. The van der Waals surface area contributed by atoms with E-state index in [1.165, 1.54) is 11.1 Å². The van der Waals surface area contributed by atoms with E-state index in [1.807, 2.05) is 65.6 Å². The number of amides is 1. The molecular formula is C30H31N5O2. The van der Waals surface area contributed by atoms with Crippen LogP contribution in [0.2, 0.25) is 0 Å². The molecule has 2 aliphatic heterocycles. The van der Waals surface area contributed by atoms with Crippen LogP contribution in [0.25, 0.3) is 16.9 Å². The van der Waals surface area contributed by atoms with Crippen LogP contribution in [0, 0.1) is 0 Å². The molecule has 6 rings (SSSR count). The van der Waals surface area contributed by atoms with Crippen LogP contribution in [0.4, 0.5) is 5.69 Å². The number of piperazine rings is 1. The first kappa shape index (κ1) is 23.3. The third-order valence-electron chi connectivity index (χ3n) is 7.37. The van der Waals surface area contributed by atoms with Gasteiger partial charge >= 0.3 is 5.69 Å². The van der Waals surface area contributed by atoms with Gasteiger partial charge in [-0.3, -0.25) is 9.36 Å². The number of hydrogen-bond acceptors (Lipinski definition) is 4. The molecular weight excluding hydrogens is 462 g/mol. The Labute approximate surface area is 216 Å². The highest BCUT2D eigenvalue weighted by Gasteiger charge is 2.32. The van der Waals surface area contributed by atoms with Crippen molar-refractivity contribution in [2.75, 3.05) is 31.5 Å². The van der Waals surface area contributed by atoms with Gasteiger partial charge in [0.05, 0.1) is 11.4 Å². The first-order valence-corrected chi connectivity index (χ1v) is 13.0. The van der Waals surface area contributed by atoms with Crippen molar-refractivity contribution < 1.29 is 4.79 Å². The zero-order valence-corrected chi connectivity index (χ0v) is 20.7. The Bertz CT molecular complexity index is 1460. The van der Waals surface area contributed by atoms with Gasteiger partial charge in [-0.1, -0.05) is 66.7 Å². The number of nitrogens with zero attached hydrogens (tertiary/aromatic N) is 2. The summed E-state index contributed by atoms with van der Waals surface area (Å²) in [6.07, 6.45) is 2.87. The molecule has 7 nitrogen and oxygen atoms in total. The smallest absolute Gasteiger partial charge is 0.331 e. The second-order valence-corrected chi connectivity index (χ2v) is 9.77. The van der Waals surface area contributed by atoms with Crippen LogP contribution in [-0.4, -0.2) is 52.6 Å². The van der Waals surface area contributed by atoms with E-state index in [4.69, 9.17) is 0 Å². The molecule has 3 aromatic carbocycles. The van der Waals surface area contributed by atoms with Crippen molar-refractivity contribution in [3.8, 4) is 16.9 Å². The standard InChI is InChI=1S/C30H31N5O2/c36-29(34-17-16-31-20-25(34)18-21-8-3-1-4-9-21)27-28(23-10-5-2-6-11-23)35(30(37)33-27)24-14-13-22-12-7-15-32-26(22)19-24/h1-6,8-11,13-14,19,25,31-32H,7,12,15-18,20H2,(H,33,37). The fourth-order valence-corrected chi connectivity index (χ4v) is 5.53. The SMILES string of the molecule is O=C(c1[nH]c(=O)n(-c2ccc3c(c2)NCCC3)c1-c1ccccc1)N1CCNCC1Cc1ccccc1. The van der Waals surface area contributed by atoms with Crippen LogP contribution >= 0.6 is 0 Å². The number of aryl methyl sites for hydroxylation is 1. The summed E-state index contributed by atoms with van der Waals surface area (Å²) in [5, 5.41) is 6.89. The Morgan fingerprint density at radius 2 is 1.73 bits per heavy atom. The van der Waals surface area contributed by atoms with E-state index in [-0.39, 0.29) is 17.6 Å². The lowest BCUT2D eigenvalue weighted by Gasteiger charge is -2.36. The van der Waals surface area contributed by atoms with E-state index < -0.39 is 0 Å². The molecule has 1 saturated heterocycles. The molecule has 1 aromatic heterocycles. The second-order valence-electron chi connectivity index (χ2n) is 9.77. The summed E-state index contributed by atoms with van der Waals surface area (Å²) in [7, 11) is 0. The Morgan fingerprint density at radius 1 is 0.946 bits per heavy atom. The molecule has 1 amide bonds. The number of carbonyl (C=O) groups excluding carboxylic acids is 1. The Kier molecular flexibility index (Phi) is 6.37. The topological polar surface area (TPSA) is 82.2 Å². The quantitative estimate of drug-likeness (QED) is 0.395. The van der Waals surface area contributed by atoms with Gasteiger partial charge in [0.15, 0.2) is 0 Å². The minimum atomic E-state index is -0.312. The number of fused-ring (bicyclic) bond motifs is 1. The highest BCUT2D eigenvalue weighted by molar-refractivity contribution is 5.99. The first-order chi connectivity index (χ1) is 18.2. The maximum atomic E-state index is 14.1. The van der Waals surface area contributed by atoms with E-state index in [2.05, 4.69) is 33.8 Å². The van der Waals surface area contributed by atoms with E-state index in [0.717, 1.165) is 49.3 Å². The second kappa shape index (κ2) is 10.1. The van der Waals surface area contributed by atoms with Crippen LogP contribution in [0.1, 0.15) is 28.0 Å². The number of H-pyrrole nitrogens is 1. The van der Waals surface area contributed by atoms with Gasteiger partial charge in [0.25, 0.3) is 5.91 Å². The third kappa shape index (κ3) is 4.58. The van der Waals surface area contributed by atoms with Crippen LogP contribution in [0.5, 0.6) is 0 Å². The third-order valence-corrected chi connectivity index (χ3v) is 7.37. The molecule has 7 heteroatoms. The molecule has 3 heterocycles. The molecule has 188 valence electrons. The molecule has 2 aliphatic rings. The van der Waals surface area contributed by atoms with Crippen LogP contribution in [0.15, 0.2) is 83.7 Å². The summed E-state index contributed by atoms with van der Waals surface area (Å²) in [6.45, 7) is 2.93. The molecule has 0 saturated carbocycles. The number of imidazole rings is 1. The first-order valence-electron chi connectivity index (χ1n) is 13.0. The maximum Gasteiger partial charge on any atom is 0.331 e. The van der Waals surface area contributed by atoms with E-state index in [1.54, 1.807) is 4.57 Å². The molecule has 1 atom stereocenters. The Balaban J connectivity index is 1.43. The number of nitrogens with one attached hydrogen (secondary N) is 3. The number of rotatable bonds is 5. The number of anilines is 1. The van der Waals surface area contributed by atoms with Crippen LogP contribution < -0.4 is 16.3 Å². The van der Waals surface area contributed by atoms with Gasteiger partial charge in [-0.2, -0.15) is 0 Å². The van der Waals surface area contributed by atoms with Crippen molar-refractivity contribution in [3.63, 3.8) is 0 Å². The van der Waals surface area contributed by atoms with E-state index >= 15 is 0 Å². The van der Waals surface area contributed by atoms with Gasteiger partial charge in [0.1, 0.15) is 5.69 Å². The minimum absolute atomic E-state index is 0.00734. The Morgan fingerprint density at radius 3 is 2.54 bits per heavy atom. The zero-order valence-electron chi connectivity index (χ0n) is 20.7. The molecule has 1 fully saturated rings. The molecule has 0 spiro atoms. The van der Waals surface area contributed by atoms with Crippen LogP contribution in [-0.2, 0) is 12.8 Å². The van der Waals surface area contributed by atoms with E-state index in [9.17, 15) is 9.59 Å². The minimum Gasteiger partial charge on any atom is -0.385 e. The molecule has 4 aromatic rings. The van der Waals surface area contributed by atoms with Crippen molar-refractivity contribution in [1.29, 1.82) is 0 Å². The van der Waals surface area contributed by atoms with Gasteiger partial charge in [-0.25, -0.2) is 4.79 Å². The van der Waals surface area contributed by atoms with Crippen molar-refractivity contribution in [2.24, 2.45) is 0 Å². The lowest BCUT2D eigenvalue weighted by molar-refractivity contribution is 0.0631. The largest absolute Gasteiger partial charge is 0.385 e. The lowest BCUT2D eigenvalue weighted by Crippen LogP contribution is -2.54. The molecule has 37 heavy (non-hydrogen) atoms. The van der Waals surface area contributed by atoms with Crippen molar-refractivity contribution in [3.05, 3.63) is 106 Å². The van der Waals surface area contributed by atoms with Crippen LogP contribution in [0.3, 0.4) is 0 Å². The average molecular weight is 494 g/mol. The summed E-state index contributed by atoms with van der Waals surface area (Å²) >= 11 is 0. The summed E-state index contributed by atoms with van der Waals surface area (Å²) in [6, 6.07) is 26.0. The number of benzene rings is 3. The van der Waals surface area contributed by atoms with Crippen molar-refractivity contribution in [2.45, 2.75) is 25.3 Å². The zero-order chi connectivity index (χ0) is 25.2. The normalized spacial score (nSPS) is 17.2. The predicted molar refractivity (Wildman–Crippen MR) is 146 cm³/mol. The predicted octanol–water partition coefficient (Wildman–Crippen LogP) is 3.85. The van der Waals surface area contributed by atoms with Gasteiger partial charge < -0.3 is 20.5 Å². The molecule has 1 unspecified atom stereocenters. The summed E-state index contributed by atoms with van der Waals surface area (Å²) < 4.78 is 1.65. The fraction of sp³-hybridized carbons (Fsp3) is 0.267. The summed E-state index contributed by atoms with van der Waals surface area (Å²) in [5.41, 5.74) is 5.68. The number of aromatic amines is 1. The van der Waals surface area contributed by atoms with Gasteiger partial charge in [-0.15, -0.1) is 0 Å². The van der Waals surface area contributed by atoms with Gasteiger partial charge in [0, 0.05) is 43.5 Å². The Hall–Kier alpha value is -4.10. The summed E-state index contributed by atoms with van der Waals surface area (Å²) in [5.74, 6) is -0.145.